The third-order valence-corrected chi connectivity index (χ3v) is 14.0. The summed E-state index contributed by atoms with van der Waals surface area (Å²) in [5.74, 6) is -0.364. The Labute approximate surface area is 232 Å². The lowest BCUT2D eigenvalue weighted by Crippen LogP contribution is -2.44. The topological polar surface area (TPSA) is 42.4 Å². The van der Waals surface area contributed by atoms with E-state index in [2.05, 4.69) is 53.8 Å². The zero-order valence-corrected chi connectivity index (χ0v) is 25.5. The second-order valence-electron chi connectivity index (χ2n) is 14.1. The van der Waals surface area contributed by atoms with Crippen LogP contribution >= 0.6 is 0 Å². The van der Waals surface area contributed by atoms with Gasteiger partial charge in [-0.2, -0.15) is 13.2 Å². The minimum atomic E-state index is -4.44. The maximum absolute atomic E-state index is 13.6. The van der Waals surface area contributed by atoms with Gasteiger partial charge in [-0.1, -0.05) is 53.7 Å². The van der Waals surface area contributed by atoms with Crippen LogP contribution in [0.1, 0.15) is 130 Å². The molecule has 0 saturated carbocycles. The van der Waals surface area contributed by atoms with E-state index in [1.807, 2.05) is 6.92 Å². The molecule has 1 aromatic heterocycles. The van der Waals surface area contributed by atoms with Crippen LogP contribution in [-0.2, 0) is 17.0 Å². The summed E-state index contributed by atoms with van der Waals surface area (Å²) in [7, 11) is -2.15. The van der Waals surface area contributed by atoms with Crippen molar-refractivity contribution in [1.82, 2.24) is 4.98 Å². The van der Waals surface area contributed by atoms with Gasteiger partial charge in [0.25, 0.3) is 0 Å². The number of rotatable bonds is 3. The summed E-state index contributed by atoms with van der Waals surface area (Å²) in [5, 5.41) is 11.9. The molecule has 3 unspecified atom stereocenters. The highest BCUT2D eigenvalue weighted by molar-refractivity contribution is 6.74. The molecule has 212 valence electrons. The molecule has 0 bridgehead atoms. The Hall–Kier alpha value is -1.96. The van der Waals surface area contributed by atoms with E-state index in [9.17, 15) is 18.3 Å². The van der Waals surface area contributed by atoms with Crippen LogP contribution in [0.5, 0.6) is 0 Å². The Morgan fingerprint density at radius 1 is 1.08 bits per heavy atom. The standard InChI is InChI=1S/C32H42F3NO2Si/c1-18-22-15-20(32(33,34)35)13-14-21(22)29(37)27-25(19-11-9-10-12-19)26-23(36-28(18)27)16-31(5,6)17-24(26)38-39(7,8)30(2,3)4/h11,13-15,18,24,29,37H,9-10,12,16-17H2,1-8H3. The first kappa shape index (κ1) is 28.6. The SMILES string of the molecule is CC1c2cc(C(F)(F)F)ccc2C(O)c2c1nc1c(c2C2=CCCC2)C(O[Si](C)(C)C(C)(C)C)CC(C)(C)C1. The molecule has 5 rings (SSSR count). The fourth-order valence-corrected chi connectivity index (χ4v) is 7.72. The zero-order chi connectivity index (χ0) is 28.7. The fourth-order valence-electron chi connectivity index (χ4n) is 6.46. The zero-order valence-electron chi connectivity index (χ0n) is 24.5. The summed E-state index contributed by atoms with van der Waals surface area (Å²) in [6, 6.07) is 3.75. The van der Waals surface area contributed by atoms with E-state index in [0.29, 0.717) is 16.8 Å². The van der Waals surface area contributed by atoms with Crippen molar-refractivity contribution in [3.8, 4) is 0 Å². The Morgan fingerprint density at radius 3 is 2.36 bits per heavy atom. The molecule has 2 aromatic rings. The molecule has 0 aliphatic heterocycles. The second kappa shape index (κ2) is 9.28. The van der Waals surface area contributed by atoms with Gasteiger partial charge in [-0.15, -0.1) is 0 Å². The molecule has 3 aliphatic carbocycles. The number of alkyl halides is 3. The fraction of sp³-hybridized carbons (Fsp3) is 0.594. The average Bonchev–Trinajstić information content (AvgIpc) is 3.33. The van der Waals surface area contributed by atoms with E-state index in [-0.39, 0.29) is 22.5 Å². The van der Waals surface area contributed by atoms with Gasteiger partial charge in [0.2, 0.25) is 0 Å². The summed E-state index contributed by atoms with van der Waals surface area (Å²) >= 11 is 0. The summed E-state index contributed by atoms with van der Waals surface area (Å²) < 4.78 is 48.0. The number of hydrogen-bond donors (Lipinski definition) is 1. The first-order valence-electron chi connectivity index (χ1n) is 14.2. The second-order valence-corrected chi connectivity index (χ2v) is 18.9. The molecule has 0 fully saturated rings. The highest BCUT2D eigenvalue weighted by Gasteiger charge is 2.46. The van der Waals surface area contributed by atoms with Crippen molar-refractivity contribution >= 4 is 13.9 Å². The van der Waals surface area contributed by atoms with Crippen LogP contribution in [0.4, 0.5) is 13.2 Å². The summed E-state index contributed by atoms with van der Waals surface area (Å²) in [6.45, 7) is 17.7. The molecule has 1 aromatic carbocycles. The van der Waals surface area contributed by atoms with Crippen molar-refractivity contribution in [3.63, 3.8) is 0 Å². The molecular formula is C32H42F3NO2Si. The molecule has 3 atom stereocenters. The number of allylic oxidation sites excluding steroid dienone is 2. The highest BCUT2D eigenvalue weighted by atomic mass is 28.4. The number of hydrogen-bond acceptors (Lipinski definition) is 3. The van der Waals surface area contributed by atoms with E-state index in [0.717, 1.165) is 60.6 Å². The number of nitrogens with zero attached hydrogens (tertiary/aromatic N) is 1. The first-order chi connectivity index (χ1) is 17.9. The van der Waals surface area contributed by atoms with Gasteiger partial charge in [0.1, 0.15) is 6.10 Å². The van der Waals surface area contributed by atoms with E-state index in [1.165, 1.54) is 17.7 Å². The molecule has 7 heteroatoms. The third-order valence-electron chi connectivity index (χ3n) is 9.55. The van der Waals surface area contributed by atoms with E-state index >= 15 is 0 Å². The molecule has 3 aliphatic rings. The van der Waals surface area contributed by atoms with E-state index < -0.39 is 26.2 Å². The minimum Gasteiger partial charge on any atom is -0.410 e. The first-order valence-corrected chi connectivity index (χ1v) is 17.1. The third kappa shape index (κ3) is 4.93. The Bertz CT molecular complexity index is 1340. The maximum atomic E-state index is 13.6. The van der Waals surface area contributed by atoms with Crippen LogP contribution in [-0.4, -0.2) is 18.4 Å². The molecule has 1 N–H and O–H groups in total. The Balaban J connectivity index is 1.76. The summed E-state index contributed by atoms with van der Waals surface area (Å²) in [4.78, 5) is 5.21. The van der Waals surface area contributed by atoms with Crippen molar-refractivity contribution < 1.29 is 22.7 Å². The predicted molar refractivity (Wildman–Crippen MR) is 152 cm³/mol. The van der Waals surface area contributed by atoms with Crippen molar-refractivity contribution in [2.75, 3.05) is 0 Å². The van der Waals surface area contributed by atoms with Gasteiger partial charge in [-0.3, -0.25) is 4.98 Å². The maximum Gasteiger partial charge on any atom is 0.416 e. The van der Waals surface area contributed by atoms with Gasteiger partial charge in [-0.05, 0) is 90.0 Å². The lowest BCUT2D eigenvalue weighted by molar-refractivity contribution is -0.137. The van der Waals surface area contributed by atoms with Gasteiger partial charge >= 0.3 is 6.18 Å². The predicted octanol–water partition coefficient (Wildman–Crippen LogP) is 9.25. The van der Waals surface area contributed by atoms with Crippen LogP contribution in [0.2, 0.25) is 18.1 Å². The van der Waals surface area contributed by atoms with Crippen molar-refractivity contribution in [2.24, 2.45) is 5.41 Å². The quantitative estimate of drug-likeness (QED) is 0.383. The number of aliphatic hydroxyl groups is 1. The van der Waals surface area contributed by atoms with Crippen molar-refractivity contribution in [3.05, 3.63) is 69.0 Å². The number of fused-ring (bicyclic) bond motifs is 3. The molecule has 0 amide bonds. The molecule has 1 heterocycles. The Kier molecular flexibility index (Phi) is 6.80. The lowest BCUT2D eigenvalue weighted by atomic mass is 9.69. The van der Waals surface area contributed by atoms with Gasteiger partial charge in [0.05, 0.1) is 17.4 Å². The van der Waals surface area contributed by atoms with Crippen molar-refractivity contribution in [2.45, 2.75) is 116 Å². The van der Waals surface area contributed by atoms with E-state index in [4.69, 9.17) is 9.41 Å². The van der Waals surface area contributed by atoms with Crippen LogP contribution < -0.4 is 0 Å². The van der Waals surface area contributed by atoms with E-state index in [1.54, 1.807) is 0 Å². The molecule has 0 spiro atoms. The molecule has 39 heavy (non-hydrogen) atoms. The van der Waals surface area contributed by atoms with Crippen molar-refractivity contribution in [1.29, 1.82) is 0 Å². The number of halogens is 3. The van der Waals surface area contributed by atoms with Gasteiger partial charge in [-0.25, -0.2) is 0 Å². The van der Waals surface area contributed by atoms with Crippen LogP contribution in [0.3, 0.4) is 0 Å². The molecule has 3 nitrogen and oxygen atoms in total. The smallest absolute Gasteiger partial charge is 0.410 e. The summed E-state index contributed by atoms with van der Waals surface area (Å²) in [6.07, 6.45) is 1.24. The molecule has 0 radical (unpaired) electrons. The summed E-state index contributed by atoms with van der Waals surface area (Å²) in [5.41, 5.74) is 6.15. The van der Waals surface area contributed by atoms with Crippen LogP contribution in [0.25, 0.3) is 5.57 Å². The monoisotopic (exact) mass is 557 g/mol. The number of pyridine rings is 1. The lowest BCUT2D eigenvalue weighted by Gasteiger charge is -2.45. The highest BCUT2D eigenvalue weighted by Crippen LogP contribution is 2.54. The Morgan fingerprint density at radius 2 is 1.77 bits per heavy atom. The van der Waals surface area contributed by atoms with Crippen LogP contribution in [0, 0.1) is 5.41 Å². The normalized spacial score (nSPS) is 24.6. The number of aromatic nitrogens is 1. The average molecular weight is 558 g/mol. The van der Waals surface area contributed by atoms with Gasteiger partial charge in [0.15, 0.2) is 8.32 Å². The molecular weight excluding hydrogens is 515 g/mol. The number of benzene rings is 1. The van der Waals surface area contributed by atoms with Gasteiger partial charge in [0, 0.05) is 22.7 Å². The minimum absolute atomic E-state index is 0.0341. The number of aliphatic hydroxyl groups excluding tert-OH is 1. The van der Waals surface area contributed by atoms with Crippen LogP contribution in [0.15, 0.2) is 24.3 Å². The van der Waals surface area contributed by atoms with Gasteiger partial charge < -0.3 is 9.53 Å². The molecule has 0 saturated heterocycles. The largest absolute Gasteiger partial charge is 0.416 e.